The van der Waals surface area contributed by atoms with Crippen molar-refractivity contribution in [2.24, 2.45) is 0 Å². The smallest absolute Gasteiger partial charge is 0.226 e. The quantitative estimate of drug-likeness (QED) is 0.594. The van der Waals surface area contributed by atoms with E-state index in [1.165, 1.54) is 11.3 Å². The number of para-hydroxylation sites is 1. The summed E-state index contributed by atoms with van der Waals surface area (Å²) in [6, 6.07) is 13.6. The lowest BCUT2D eigenvalue weighted by molar-refractivity contribution is -0.139. The highest BCUT2D eigenvalue weighted by atomic mass is 32.1. The number of hydrogen-bond acceptors (Lipinski definition) is 7. The van der Waals surface area contributed by atoms with Gasteiger partial charge in [0.15, 0.2) is 5.13 Å². The molecule has 0 bridgehead atoms. The van der Waals surface area contributed by atoms with Gasteiger partial charge < -0.3 is 19.7 Å². The molecule has 2 aromatic heterocycles. The summed E-state index contributed by atoms with van der Waals surface area (Å²) in [5.41, 5.74) is 2.83. The number of hydrogen-bond donors (Lipinski definition) is 1. The summed E-state index contributed by atoms with van der Waals surface area (Å²) in [6.45, 7) is 5.86. The summed E-state index contributed by atoms with van der Waals surface area (Å²) < 4.78 is 11.7. The minimum atomic E-state index is -0.255. The minimum Gasteiger partial charge on any atom is -0.493 e. The number of nitrogens with zero attached hydrogens (tertiary/aromatic N) is 3. The van der Waals surface area contributed by atoms with Gasteiger partial charge >= 0.3 is 0 Å². The molecule has 3 aromatic rings. The second-order valence-electron chi connectivity index (χ2n) is 7.43. The van der Waals surface area contributed by atoms with E-state index >= 15 is 0 Å². The maximum atomic E-state index is 12.7. The maximum Gasteiger partial charge on any atom is 0.226 e. The monoisotopic (exact) mass is 438 g/mol. The van der Waals surface area contributed by atoms with Crippen LogP contribution in [0.25, 0.3) is 0 Å². The zero-order valence-electron chi connectivity index (χ0n) is 17.7. The largest absolute Gasteiger partial charge is 0.493 e. The van der Waals surface area contributed by atoms with Gasteiger partial charge in [0.1, 0.15) is 17.7 Å². The molecule has 1 atom stereocenters. The van der Waals surface area contributed by atoms with Crippen molar-refractivity contribution in [3.05, 3.63) is 64.8 Å². The van der Waals surface area contributed by atoms with Gasteiger partial charge in [0.2, 0.25) is 5.91 Å². The van der Waals surface area contributed by atoms with Crippen LogP contribution in [0.5, 0.6) is 5.75 Å². The predicted molar refractivity (Wildman–Crippen MR) is 121 cm³/mol. The third-order valence-electron chi connectivity index (χ3n) is 5.04. The summed E-state index contributed by atoms with van der Waals surface area (Å²) in [7, 11) is 0. The van der Waals surface area contributed by atoms with Crippen molar-refractivity contribution >= 4 is 28.2 Å². The van der Waals surface area contributed by atoms with Crippen LogP contribution in [0.15, 0.2) is 47.8 Å². The topological polar surface area (TPSA) is 76.6 Å². The Hall–Kier alpha value is -2.97. The van der Waals surface area contributed by atoms with Crippen molar-refractivity contribution in [1.29, 1.82) is 0 Å². The lowest BCUT2D eigenvalue weighted by atomic mass is 10.1. The molecule has 0 saturated carbocycles. The van der Waals surface area contributed by atoms with Gasteiger partial charge in [-0.2, -0.15) is 0 Å². The Bertz CT molecular complexity index is 1040. The summed E-state index contributed by atoms with van der Waals surface area (Å²) in [5.74, 6) is 1.60. The first-order chi connectivity index (χ1) is 15.1. The SMILES string of the molecule is Cc1csc(Nc2cccc([C@H]3CN(C(=O)CCOc4ccccc4C)CCO3)n2)n1. The fraction of sp³-hybridized carbons (Fsp3) is 0.348. The van der Waals surface area contributed by atoms with Gasteiger partial charge in [-0.15, -0.1) is 11.3 Å². The summed E-state index contributed by atoms with van der Waals surface area (Å²) in [5, 5.41) is 6.02. The normalized spacial score (nSPS) is 16.2. The third kappa shape index (κ3) is 5.59. The molecule has 1 fully saturated rings. The van der Waals surface area contributed by atoms with Crippen LogP contribution in [0.2, 0.25) is 0 Å². The number of amides is 1. The molecule has 1 saturated heterocycles. The molecule has 1 amide bonds. The molecular weight excluding hydrogens is 412 g/mol. The number of carbonyl (C=O) groups is 1. The number of anilines is 2. The molecule has 0 aliphatic carbocycles. The Kier molecular flexibility index (Phi) is 6.79. The third-order valence-corrected chi connectivity index (χ3v) is 5.92. The van der Waals surface area contributed by atoms with Gasteiger partial charge in [-0.1, -0.05) is 24.3 Å². The fourth-order valence-electron chi connectivity index (χ4n) is 3.40. The fourth-order valence-corrected chi connectivity index (χ4v) is 4.10. The van der Waals surface area contributed by atoms with Crippen molar-refractivity contribution in [1.82, 2.24) is 14.9 Å². The Morgan fingerprint density at radius 1 is 1.23 bits per heavy atom. The first-order valence-electron chi connectivity index (χ1n) is 10.3. The molecular formula is C23H26N4O3S. The Morgan fingerprint density at radius 3 is 2.90 bits per heavy atom. The molecule has 3 heterocycles. The molecule has 1 aliphatic heterocycles. The number of pyridine rings is 1. The van der Waals surface area contributed by atoms with Crippen LogP contribution in [0, 0.1) is 13.8 Å². The van der Waals surface area contributed by atoms with Crippen LogP contribution in [0.4, 0.5) is 10.9 Å². The summed E-state index contributed by atoms with van der Waals surface area (Å²) in [4.78, 5) is 23.6. The number of nitrogens with one attached hydrogen (secondary N) is 1. The van der Waals surface area contributed by atoms with Gasteiger partial charge in [0.25, 0.3) is 0 Å². The second-order valence-corrected chi connectivity index (χ2v) is 8.29. The molecule has 31 heavy (non-hydrogen) atoms. The Balaban J connectivity index is 1.33. The van der Waals surface area contributed by atoms with Crippen LogP contribution in [-0.2, 0) is 9.53 Å². The number of thiazole rings is 1. The highest BCUT2D eigenvalue weighted by Crippen LogP contribution is 2.25. The van der Waals surface area contributed by atoms with E-state index in [0.29, 0.717) is 38.5 Å². The lowest BCUT2D eigenvalue weighted by Gasteiger charge is -2.33. The average molecular weight is 439 g/mol. The van der Waals surface area contributed by atoms with E-state index < -0.39 is 0 Å². The van der Waals surface area contributed by atoms with Crippen LogP contribution >= 0.6 is 11.3 Å². The highest BCUT2D eigenvalue weighted by molar-refractivity contribution is 7.13. The highest BCUT2D eigenvalue weighted by Gasteiger charge is 2.26. The lowest BCUT2D eigenvalue weighted by Crippen LogP contribution is -2.42. The van der Waals surface area contributed by atoms with Crippen LogP contribution in [-0.4, -0.2) is 47.1 Å². The molecule has 7 nitrogen and oxygen atoms in total. The zero-order chi connectivity index (χ0) is 21.6. The molecule has 0 unspecified atom stereocenters. The van der Waals surface area contributed by atoms with E-state index in [1.54, 1.807) is 0 Å². The zero-order valence-corrected chi connectivity index (χ0v) is 18.5. The molecule has 162 valence electrons. The van der Waals surface area contributed by atoms with Gasteiger partial charge in [0, 0.05) is 11.9 Å². The van der Waals surface area contributed by atoms with E-state index in [0.717, 1.165) is 27.8 Å². The van der Waals surface area contributed by atoms with E-state index in [2.05, 4.69) is 15.3 Å². The van der Waals surface area contributed by atoms with Crippen LogP contribution in [0.1, 0.15) is 29.5 Å². The van der Waals surface area contributed by atoms with Crippen LogP contribution < -0.4 is 10.1 Å². The number of benzene rings is 1. The van der Waals surface area contributed by atoms with Crippen molar-refractivity contribution in [2.45, 2.75) is 26.4 Å². The van der Waals surface area contributed by atoms with Crippen LogP contribution in [0.3, 0.4) is 0 Å². The molecule has 8 heteroatoms. The predicted octanol–water partition coefficient (Wildman–Crippen LogP) is 4.27. The number of carbonyl (C=O) groups excluding carboxylic acids is 1. The number of aryl methyl sites for hydroxylation is 2. The average Bonchev–Trinajstić information content (AvgIpc) is 3.19. The van der Waals surface area contributed by atoms with Gasteiger partial charge in [-0.05, 0) is 37.6 Å². The van der Waals surface area contributed by atoms with E-state index in [9.17, 15) is 4.79 Å². The van der Waals surface area contributed by atoms with Crippen molar-refractivity contribution in [2.75, 3.05) is 31.6 Å². The molecule has 4 rings (SSSR count). The van der Waals surface area contributed by atoms with E-state index in [1.807, 2.05) is 66.6 Å². The van der Waals surface area contributed by atoms with Crippen molar-refractivity contribution in [3.63, 3.8) is 0 Å². The molecule has 0 spiro atoms. The number of rotatable bonds is 7. The minimum absolute atomic E-state index is 0.0643. The summed E-state index contributed by atoms with van der Waals surface area (Å²) >= 11 is 1.54. The first-order valence-corrected chi connectivity index (χ1v) is 11.2. The van der Waals surface area contributed by atoms with E-state index in [4.69, 9.17) is 9.47 Å². The molecule has 0 radical (unpaired) electrons. The standard InChI is InChI=1S/C23H26N4O3S/c1-16-6-3-4-8-19(16)29-12-10-22(28)27-11-13-30-20(14-27)18-7-5-9-21(25-18)26-23-24-17(2)15-31-23/h3-9,15,20H,10-14H2,1-2H3,(H,24,25,26)/t20-/m1/s1. The first kappa shape index (κ1) is 21.3. The maximum absolute atomic E-state index is 12.7. The van der Waals surface area contributed by atoms with Gasteiger partial charge in [0.05, 0.1) is 37.6 Å². The van der Waals surface area contributed by atoms with Gasteiger partial charge in [-0.25, -0.2) is 9.97 Å². The second kappa shape index (κ2) is 9.89. The van der Waals surface area contributed by atoms with Crippen molar-refractivity contribution in [3.8, 4) is 5.75 Å². The molecule has 1 aromatic carbocycles. The van der Waals surface area contributed by atoms with Gasteiger partial charge in [-0.3, -0.25) is 4.79 Å². The van der Waals surface area contributed by atoms with E-state index in [-0.39, 0.29) is 12.0 Å². The number of morpholine rings is 1. The molecule has 1 N–H and O–H groups in total. The Labute approximate surface area is 186 Å². The summed E-state index contributed by atoms with van der Waals surface area (Å²) in [6.07, 6.45) is 0.0780. The van der Waals surface area contributed by atoms with Crippen molar-refractivity contribution < 1.29 is 14.3 Å². The molecule has 1 aliphatic rings. The Morgan fingerprint density at radius 2 is 2.10 bits per heavy atom. The number of aromatic nitrogens is 2. The number of ether oxygens (including phenoxy) is 2.